The fourth-order valence-corrected chi connectivity index (χ4v) is 3.67. The van der Waals surface area contributed by atoms with E-state index in [0.717, 1.165) is 22.4 Å². The summed E-state index contributed by atoms with van der Waals surface area (Å²) in [5.41, 5.74) is 3.79. The second kappa shape index (κ2) is 8.35. The molecule has 0 saturated carbocycles. The van der Waals surface area contributed by atoms with Crippen LogP contribution >= 0.6 is 11.8 Å². The monoisotopic (exact) mass is 384 g/mol. The molecule has 0 atom stereocenters. The Kier molecular flexibility index (Phi) is 5.91. The molecule has 3 aromatic rings. The zero-order valence-corrected chi connectivity index (χ0v) is 16.3. The van der Waals surface area contributed by atoms with Crippen LogP contribution in [0.5, 0.6) is 0 Å². The minimum Gasteiger partial charge on any atom is -0.325 e. The maximum Gasteiger partial charge on any atom is 0.234 e. The first kappa shape index (κ1) is 19.1. The van der Waals surface area contributed by atoms with Crippen molar-refractivity contribution >= 4 is 23.4 Å². The fourth-order valence-electron chi connectivity index (χ4n) is 2.87. The maximum absolute atomic E-state index is 13.1. The molecule has 1 N–H and O–H groups in total. The van der Waals surface area contributed by atoms with Crippen LogP contribution in [-0.2, 0) is 11.3 Å². The highest BCUT2D eigenvalue weighted by molar-refractivity contribution is 7.99. The zero-order chi connectivity index (χ0) is 19.4. The van der Waals surface area contributed by atoms with Gasteiger partial charge in [-0.1, -0.05) is 17.8 Å². The van der Waals surface area contributed by atoms with Crippen LogP contribution in [0.3, 0.4) is 0 Å². The van der Waals surface area contributed by atoms with Crippen molar-refractivity contribution in [3.63, 3.8) is 0 Å². The predicted octanol–water partition coefficient (Wildman–Crippen LogP) is 4.45. The van der Waals surface area contributed by atoms with Crippen LogP contribution in [0.15, 0.2) is 47.6 Å². The molecule has 0 aliphatic carbocycles. The number of thioether (sulfide) groups is 1. The number of rotatable bonds is 6. The maximum atomic E-state index is 13.1. The number of carbonyl (C=O) groups excluding carboxylic acids is 1. The van der Waals surface area contributed by atoms with Crippen molar-refractivity contribution in [2.24, 2.45) is 0 Å². The number of aryl methyl sites for hydroxylation is 2. The Bertz CT molecular complexity index is 933. The second-order valence-corrected chi connectivity index (χ2v) is 7.21. The molecule has 0 fully saturated rings. The van der Waals surface area contributed by atoms with E-state index < -0.39 is 0 Å². The van der Waals surface area contributed by atoms with Crippen molar-refractivity contribution < 1.29 is 9.18 Å². The molecule has 0 spiro atoms. The van der Waals surface area contributed by atoms with E-state index in [1.54, 1.807) is 12.1 Å². The number of aromatic nitrogens is 3. The summed E-state index contributed by atoms with van der Waals surface area (Å²) in [6.45, 7) is 6.63. The summed E-state index contributed by atoms with van der Waals surface area (Å²) in [6.07, 6.45) is 0. The Morgan fingerprint density at radius 2 is 1.78 bits per heavy atom. The SMILES string of the molecule is CCn1c(SCC(=O)Nc2cc(C)cc(C)c2)nnc1-c1ccc(F)cc1. The van der Waals surface area contributed by atoms with E-state index in [2.05, 4.69) is 21.6 Å². The molecule has 1 amide bonds. The average Bonchev–Trinajstić information content (AvgIpc) is 3.02. The van der Waals surface area contributed by atoms with Gasteiger partial charge in [-0.2, -0.15) is 0 Å². The van der Waals surface area contributed by atoms with E-state index in [1.807, 2.05) is 37.5 Å². The lowest BCUT2D eigenvalue weighted by Crippen LogP contribution is -2.15. The molecule has 0 radical (unpaired) electrons. The fraction of sp³-hybridized carbons (Fsp3) is 0.250. The van der Waals surface area contributed by atoms with Gasteiger partial charge in [0.2, 0.25) is 5.91 Å². The third kappa shape index (κ3) is 4.74. The zero-order valence-electron chi connectivity index (χ0n) is 15.5. The van der Waals surface area contributed by atoms with Gasteiger partial charge in [-0.05, 0) is 68.3 Å². The summed E-state index contributed by atoms with van der Waals surface area (Å²) in [6, 6.07) is 12.1. The van der Waals surface area contributed by atoms with Crippen molar-refractivity contribution in [3.05, 3.63) is 59.4 Å². The highest BCUT2D eigenvalue weighted by Gasteiger charge is 2.15. The third-order valence-electron chi connectivity index (χ3n) is 3.97. The highest BCUT2D eigenvalue weighted by atomic mass is 32.2. The van der Waals surface area contributed by atoms with E-state index in [0.29, 0.717) is 17.5 Å². The van der Waals surface area contributed by atoms with Gasteiger partial charge in [0.1, 0.15) is 5.82 Å². The Labute approximate surface area is 162 Å². The van der Waals surface area contributed by atoms with Gasteiger partial charge in [0.05, 0.1) is 5.75 Å². The average molecular weight is 384 g/mol. The van der Waals surface area contributed by atoms with Crippen molar-refractivity contribution in [2.45, 2.75) is 32.5 Å². The van der Waals surface area contributed by atoms with E-state index >= 15 is 0 Å². The summed E-state index contributed by atoms with van der Waals surface area (Å²) in [5.74, 6) is 0.502. The van der Waals surface area contributed by atoms with Gasteiger partial charge in [0.15, 0.2) is 11.0 Å². The van der Waals surface area contributed by atoms with Gasteiger partial charge in [0, 0.05) is 17.8 Å². The molecular formula is C20H21FN4OS. The first-order valence-electron chi connectivity index (χ1n) is 8.66. The minimum atomic E-state index is -0.293. The molecule has 5 nitrogen and oxygen atoms in total. The lowest BCUT2D eigenvalue weighted by Gasteiger charge is -2.09. The summed E-state index contributed by atoms with van der Waals surface area (Å²) in [7, 11) is 0. The molecule has 2 aromatic carbocycles. The lowest BCUT2D eigenvalue weighted by atomic mass is 10.1. The molecule has 3 rings (SSSR count). The molecule has 27 heavy (non-hydrogen) atoms. The third-order valence-corrected chi connectivity index (χ3v) is 4.94. The lowest BCUT2D eigenvalue weighted by molar-refractivity contribution is -0.113. The number of anilines is 1. The van der Waals surface area contributed by atoms with Crippen LogP contribution in [0.4, 0.5) is 10.1 Å². The van der Waals surface area contributed by atoms with Crippen LogP contribution in [0.1, 0.15) is 18.1 Å². The molecule has 0 aliphatic rings. The molecule has 1 aromatic heterocycles. The van der Waals surface area contributed by atoms with Gasteiger partial charge >= 0.3 is 0 Å². The highest BCUT2D eigenvalue weighted by Crippen LogP contribution is 2.24. The van der Waals surface area contributed by atoms with Gasteiger partial charge in [0.25, 0.3) is 0 Å². The van der Waals surface area contributed by atoms with Crippen molar-refractivity contribution in [1.29, 1.82) is 0 Å². The van der Waals surface area contributed by atoms with Crippen molar-refractivity contribution in [3.8, 4) is 11.4 Å². The van der Waals surface area contributed by atoms with Gasteiger partial charge in [-0.25, -0.2) is 4.39 Å². The number of nitrogens with one attached hydrogen (secondary N) is 1. The molecule has 0 aliphatic heterocycles. The molecular weight excluding hydrogens is 363 g/mol. The van der Waals surface area contributed by atoms with E-state index in [1.165, 1.54) is 23.9 Å². The number of amides is 1. The normalized spacial score (nSPS) is 10.8. The molecule has 0 bridgehead atoms. The first-order valence-corrected chi connectivity index (χ1v) is 9.65. The molecule has 140 valence electrons. The quantitative estimate of drug-likeness (QED) is 0.638. The van der Waals surface area contributed by atoms with E-state index in [9.17, 15) is 9.18 Å². The number of hydrogen-bond acceptors (Lipinski definition) is 4. The summed E-state index contributed by atoms with van der Waals surface area (Å²) in [4.78, 5) is 12.3. The largest absolute Gasteiger partial charge is 0.325 e. The molecule has 7 heteroatoms. The van der Waals surface area contributed by atoms with Gasteiger partial charge < -0.3 is 9.88 Å². The summed E-state index contributed by atoms with van der Waals surface area (Å²) >= 11 is 1.33. The Morgan fingerprint density at radius 3 is 2.41 bits per heavy atom. The Morgan fingerprint density at radius 1 is 1.11 bits per heavy atom. The van der Waals surface area contributed by atoms with E-state index in [-0.39, 0.29) is 17.5 Å². The second-order valence-electron chi connectivity index (χ2n) is 6.27. The van der Waals surface area contributed by atoms with Crippen molar-refractivity contribution in [1.82, 2.24) is 14.8 Å². The van der Waals surface area contributed by atoms with Crippen LogP contribution in [0.25, 0.3) is 11.4 Å². The topological polar surface area (TPSA) is 59.8 Å². The Balaban J connectivity index is 1.69. The molecule has 1 heterocycles. The molecule has 0 saturated heterocycles. The smallest absolute Gasteiger partial charge is 0.234 e. The number of carbonyl (C=O) groups is 1. The van der Waals surface area contributed by atoms with Gasteiger partial charge in [-0.15, -0.1) is 10.2 Å². The van der Waals surface area contributed by atoms with Crippen LogP contribution < -0.4 is 5.32 Å². The first-order chi connectivity index (χ1) is 13.0. The Hall–Kier alpha value is -2.67. The van der Waals surface area contributed by atoms with Crippen LogP contribution in [0, 0.1) is 19.7 Å². The van der Waals surface area contributed by atoms with E-state index in [4.69, 9.17) is 0 Å². The number of nitrogens with zero attached hydrogens (tertiary/aromatic N) is 3. The van der Waals surface area contributed by atoms with Crippen molar-refractivity contribution in [2.75, 3.05) is 11.1 Å². The minimum absolute atomic E-state index is 0.0982. The van der Waals surface area contributed by atoms with Crippen LogP contribution in [0.2, 0.25) is 0 Å². The molecule has 0 unspecified atom stereocenters. The van der Waals surface area contributed by atoms with Gasteiger partial charge in [-0.3, -0.25) is 4.79 Å². The van der Waals surface area contributed by atoms with Crippen LogP contribution in [-0.4, -0.2) is 26.4 Å². The predicted molar refractivity (Wildman–Crippen MR) is 106 cm³/mol. The summed E-state index contributed by atoms with van der Waals surface area (Å²) < 4.78 is 15.1. The summed E-state index contributed by atoms with van der Waals surface area (Å²) in [5, 5.41) is 12.0. The number of halogens is 1. The standard InChI is InChI=1S/C20H21FN4OS/c1-4-25-19(15-5-7-16(21)8-6-15)23-24-20(25)27-12-18(26)22-17-10-13(2)9-14(3)11-17/h5-11H,4,12H2,1-3H3,(H,22,26). The number of benzene rings is 2. The number of hydrogen-bond donors (Lipinski definition) is 1.